The van der Waals surface area contributed by atoms with Crippen LogP contribution in [0.25, 0.3) is 11.4 Å². The third kappa shape index (κ3) is 9.38. The van der Waals surface area contributed by atoms with Gasteiger partial charge in [0.05, 0.1) is 6.26 Å². The van der Waals surface area contributed by atoms with Gasteiger partial charge in [0.15, 0.2) is 5.82 Å². The summed E-state index contributed by atoms with van der Waals surface area (Å²) in [6, 6.07) is 5.41. The summed E-state index contributed by atoms with van der Waals surface area (Å²) in [5.74, 6) is 1.20. The molecule has 0 spiro atoms. The summed E-state index contributed by atoms with van der Waals surface area (Å²) in [6.07, 6.45) is 7.72. The van der Waals surface area contributed by atoms with E-state index in [9.17, 15) is 13.2 Å². The molecule has 0 aliphatic heterocycles. The van der Waals surface area contributed by atoms with Gasteiger partial charge >= 0.3 is 6.03 Å². The first-order chi connectivity index (χ1) is 13.1. The minimum Gasteiger partial charge on any atom is -0.335 e. The molecule has 9 nitrogen and oxygen atoms in total. The monoisotopic (exact) mass is 409 g/mol. The number of carbonyl (C=O) groups is 1. The van der Waals surface area contributed by atoms with Gasteiger partial charge < -0.3 is 5.32 Å². The van der Waals surface area contributed by atoms with Crippen LogP contribution >= 0.6 is 0 Å². The SMILES string of the molecule is CCCCN(C(=O)NC(C)C)c1ccnc(-c2ccncc2)n1.CS(=O)(=O)O. The molecule has 0 aromatic carbocycles. The lowest BCUT2D eigenvalue weighted by molar-refractivity contribution is 0.243. The van der Waals surface area contributed by atoms with E-state index >= 15 is 0 Å². The second kappa shape index (κ2) is 11.3. The standard InChI is InChI=1S/C17H23N5O.CH4O3S/c1-4-5-12-22(17(23)20-13(2)3)15-8-11-19-16(21-15)14-6-9-18-10-7-14;1-5(2,3)4/h6-11,13H,4-5,12H2,1-3H3,(H,20,23);1H3,(H,2,3,4). The molecule has 0 aliphatic rings. The van der Waals surface area contributed by atoms with Gasteiger partial charge in [-0.3, -0.25) is 14.4 Å². The zero-order chi connectivity index (χ0) is 21.2. The van der Waals surface area contributed by atoms with Crippen LogP contribution in [-0.4, -0.2) is 52.8 Å². The van der Waals surface area contributed by atoms with Gasteiger partial charge in [0.1, 0.15) is 5.82 Å². The van der Waals surface area contributed by atoms with E-state index in [1.165, 1.54) is 0 Å². The number of carbonyl (C=O) groups excluding carboxylic acids is 1. The average Bonchev–Trinajstić information content (AvgIpc) is 2.61. The summed E-state index contributed by atoms with van der Waals surface area (Å²) >= 11 is 0. The van der Waals surface area contributed by atoms with Gasteiger partial charge in [-0.05, 0) is 38.5 Å². The van der Waals surface area contributed by atoms with Gasteiger partial charge in [0.2, 0.25) is 0 Å². The Morgan fingerprint density at radius 1 is 1.21 bits per heavy atom. The molecule has 2 aromatic heterocycles. The van der Waals surface area contributed by atoms with E-state index < -0.39 is 10.1 Å². The normalized spacial score (nSPS) is 10.8. The van der Waals surface area contributed by atoms with Crippen molar-refractivity contribution in [1.82, 2.24) is 20.3 Å². The fraction of sp³-hybridized carbons (Fsp3) is 0.444. The summed E-state index contributed by atoms with van der Waals surface area (Å²) in [6.45, 7) is 6.61. The number of nitrogens with one attached hydrogen (secondary N) is 1. The van der Waals surface area contributed by atoms with Crippen molar-refractivity contribution in [2.24, 2.45) is 0 Å². The van der Waals surface area contributed by atoms with E-state index in [0.29, 0.717) is 24.4 Å². The number of rotatable bonds is 6. The Morgan fingerprint density at radius 2 is 1.82 bits per heavy atom. The van der Waals surface area contributed by atoms with Crippen molar-refractivity contribution >= 4 is 22.0 Å². The maximum Gasteiger partial charge on any atom is 0.323 e. The molecule has 0 saturated carbocycles. The molecule has 0 unspecified atom stereocenters. The summed E-state index contributed by atoms with van der Waals surface area (Å²) < 4.78 is 25.9. The van der Waals surface area contributed by atoms with Crippen LogP contribution in [0.15, 0.2) is 36.8 Å². The zero-order valence-electron chi connectivity index (χ0n) is 16.5. The molecular formula is C18H27N5O4S. The van der Waals surface area contributed by atoms with Crippen molar-refractivity contribution in [3.8, 4) is 11.4 Å². The van der Waals surface area contributed by atoms with Crippen molar-refractivity contribution < 1.29 is 17.8 Å². The van der Waals surface area contributed by atoms with Gasteiger partial charge in [-0.2, -0.15) is 8.42 Å². The van der Waals surface area contributed by atoms with E-state index in [2.05, 4.69) is 27.2 Å². The first kappa shape index (κ1) is 23.4. The van der Waals surface area contributed by atoms with Crippen LogP contribution in [0.1, 0.15) is 33.6 Å². The quantitative estimate of drug-likeness (QED) is 0.703. The lowest BCUT2D eigenvalue weighted by Gasteiger charge is -2.23. The number of amides is 2. The highest BCUT2D eigenvalue weighted by Gasteiger charge is 2.18. The largest absolute Gasteiger partial charge is 0.335 e. The zero-order valence-corrected chi connectivity index (χ0v) is 17.3. The lowest BCUT2D eigenvalue weighted by Crippen LogP contribution is -2.44. The molecule has 0 aliphatic carbocycles. The van der Waals surface area contributed by atoms with E-state index in [-0.39, 0.29) is 12.1 Å². The van der Waals surface area contributed by atoms with E-state index in [1.807, 2.05) is 26.0 Å². The molecular weight excluding hydrogens is 382 g/mol. The highest BCUT2D eigenvalue weighted by molar-refractivity contribution is 7.85. The highest BCUT2D eigenvalue weighted by atomic mass is 32.2. The molecule has 28 heavy (non-hydrogen) atoms. The number of anilines is 1. The third-order valence-corrected chi connectivity index (χ3v) is 3.25. The number of nitrogens with zero attached hydrogens (tertiary/aromatic N) is 4. The summed E-state index contributed by atoms with van der Waals surface area (Å²) in [4.78, 5) is 27.0. The van der Waals surface area contributed by atoms with Crippen LogP contribution in [-0.2, 0) is 10.1 Å². The van der Waals surface area contributed by atoms with Crippen molar-refractivity contribution in [3.05, 3.63) is 36.8 Å². The highest BCUT2D eigenvalue weighted by Crippen LogP contribution is 2.18. The Kier molecular flexibility index (Phi) is 9.46. The van der Waals surface area contributed by atoms with Gasteiger partial charge in [-0.15, -0.1) is 0 Å². The number of hydrogen-bond acceptors (Lipinski definition) is 6. The first-order valence-electron chi connectivity index (χ1n) is 8.85. The number of unbranched alkanes of at least 4 members (excludes halogenated alkanes) is 1. The average molecular weight is 410 g/mol. The fourth-order valence-corrected chi connectivity index (χ4v) is 2.10. The Labute approximate surface area is 166 Å². The molecule has 2 N–H and O–H groups in total. The molecule has 0 radical (unpaired) electrons. The maximum atomic E-state index is 12.5. The van der Waals surface area contributed by atoms with E-state index in [0.717, 1.165) is 18.4 Å². The molecule has 2 aromatic rings. The van der Waals surface area contributed by atoms with Crippen molar-refractivity contribution in [1.29, 1.82) is 0 Å². The first-order valence-corrected chi connectivity index (χ1v) is 10.7. The molecule has 0 atom stereocenters. The van der Waals surface area contributed by atoms with Crippen LogP contribution in [0.2, 0.25) is 0 Å². The second-order valence-electron chi connectivity index (χ2n) is 6.32. The lowest BCUT2D eigenvalue weighted by atomic mass is 10.2. The molecule has 2 rings (SSSR count). The Morgan fingerprint density at radius 3 is 2.36 bits per heavy atom. The summed E-state index contributed by atoms with van der Waals surface area (Å²) in [5, 5.41) is 2.93. The van der Waals surface area contributed by atoms with Crippen LogP contribution in [0.4, 0.5) is 10.6 Å². The van der Waals surface area contributed by atoms with Gasteiger partial charge in [-0.25, -0.2) is 14.8 Å². The minimum atomic E-state index is -3.67. The fourth-order valence-electron chi connectivity index (χ4n) is 2.10. The van der Waals surface area contributed by atoms with E-state index in [4.69, 9.17) is 4.55 Å². The molecule has 10 heteroatoms. The molecule has 154 valence electrons. The third-order valence-electron chi connectivity index (χ3n) is 3.25. The second-order valence-corrected chi connectivity index (χ2v) is 7.78. The Hall–Kier alpha value is -2.59. The summed E-state index contributed by atoms with van der Waals surface area (Å²) in [7, 11) is -3.67. The molecule has 2 heterocycles. The molecule has 0 bridgehead atoms. The van der Waals surface area contributed by atoms with Crippen LogP contribution in [0.5, 0.6) is 0 Å². The van der Waals surface area contributed by atoms with Crippen molar-refractivity contribution in [2.75, 3.05) is 17.7 Å². The predicted molar refractivity (Wildman–Crippen MR) is 109 cm³/mol. The maximum absolute atomic E-state index is 12.5. The van der Waals surface area contributed by atoms with Crippen LogP contribution < -0.4 is 10.2 Å². The predicted octanol–water partition coefficient (Wildman–Crippen LogP) is 2.77. The van der Waals surface area contributed by atoms with Crippen molar-refractivity contribution in [3.63, 3.8) is 0 Å². The van der Waals surface area contributed by atoms with Crippen LogP contribution in [0, 0.1) is 0 Å². The Balaban J connectivity index is 0.000000696. The molecule has 0 saturated heterocycles. The smallest absolute Gasteiger partial charge is 0.323 e. The van der Waals surface area contributed by atoms with Gasteiger partial charge in [-0.1, -0.05) is 13.3 Å². The molecule has 0 fully saturated rings. The summed E-state index contributed by atoms with van der Waals surface area (Å²) in [5.41, 5.74) is 0.876. The van der Waals surface area contributed by atoms with Crippen LogP contribution in [0.3, 0.4) is 0 Å². The number of urea groups is 1. The minimum absolute atomic E-state index is 0.0770. The molecule has 2 amide bonds. The Bertz CT molecular complexity index is 836. The van der Waals surface area contributed by atoms with Gasteiger partial charge in [0.25, 0.3) is 10.1 Å². The topological polar surface area (TPSA) is 125 Å². The van der Waals surface area contributed by atoms with Gasteiger partial charge in [0, 0.05) is 36.7 Å². The number of pyridine rings is 1. The van der Waals surface area contributed by atoms with E-state index in [1.54, 1.807) is 29.6 Å². The number of aromatic nitrogens is 3. The number of hydrogen-bond donors (Lipinski definition) is 2. The van der Waals surface area contributed by atoms with Crippen molar-refractivity contribution in [2.45, 2.75) is 39.7 Å².